The van der Waals surface area contributed by atoms with E-state index < -0.39 is 0 Å². The molecule has 2 aromatic carbocycles. The van der Waals surface area contributed by atoms with Crippen LogP contribution in [0.2, 0.25) is 0 Å². The molecule has 6 heteroatoms. The lowest BCUT2D eigenvalue weighted by Gasteiger charge is -2.11. The molecule has 1 heterocycles. The van der Waals surface area contributed by atoms with E-state index in [9.17, 15) is 9.59 Å². The SMILES string of the molecule is COc1cccc(C(=O)Nc2ccc(NC(=O)c3ccco3)c(C)c2)c1. The van der Waals surface area contributed by atoms with Gasteiger partial charge in [-0.1, -0.05) is 6.07 Å². The van der Waals surface area contributed by atoms with Gasteiger partial charge in [0.15, 0.2) is 5.76 Å². The number of hydrogen-bond donors (Lipinski definition) is 2. The van der Waals surface area contributed by atoms with Gasteiger partial charge in [0.25, 0.3) is 11.8 Å². The van der Waals surface area contributed by atoms with Crippen LogP contribution in [0.5, 0.6) is 5.75 Å². The number of nitrogens with one attached hydrogen (secondary N) is 2. The van der Waals surface area contributed by atoms with Crippen LogP contribution in [0.25, 0.3) is 0 Å². The zero-order valence-electron chi connectivity index (χ0n) is 14.4. The summed E-state index contributed by atoms with van der Waals surface area (Å²) in [6.07, 6.45) is 1.44. The number of rotatable bonds is 5. The minimum atomic E-state index is -0.328. The number of ether oxygens (including phenoxy) is 1. The number of carbonyl (C=O) groups is 2. The Morgan fingerprint density at radius 3 is 2.50 bits per heavy atom. The molecule has 6 nitrogen and oxygen atoms in total. The third kappa shape index (κ3) is 3.92. The summed E-state index contributed by atoms with van der Waals surface area (Å²) < 4.78 is 10.2. The largest absolute Gasteiger partial charge is 0.497 e. The highest BCUT2D eigenvalue weighted by Gasteiger charge is 2.12. The topological polar surface area (TPSA) is 80.6 Å². The van der Waals surface area contributed by atoms with Crippen LogP contribution in [0.3, 0.4) is 0 Å². The van der Waals surface area contributed by atoms with Crippen molar-refractivity contribution in [2.75, 3.05) is 17.7 Å². The summed E-state index contributed by atoms with van der Waals surface area (Å²) in [7, 11) is 1.55. The summed E-state index contributed by atoms with van der Waals surface area (Å²) in [6.45, 7) is 1.85. The molecular weight excluding hydrogens is 332 g/mol. The molecule has 0 fully saturated rings. The maximum atomic E-state index is 12.4. The van der Waals surface area contributed by atoms with Gasteiger partial charge in [0, 0.05) is 16.9 Å². The molecule has 0 atom stereocenters. The molecule has 0 saturated carbocycles. The third-order valence-electron chi connectivity index (χ3n) is 3.81. The summed E-state index contributed by atoms with van der Waals surface area (Å²) in [4.78, 5) is 24.4. The summed E-state index contributed by atoms with van der Waals surface area (Å²) in [5.41, 5.74) is 2.59. The van der Waals surface area contributed by atoms with E-state index in [1.54, 1.807) is 61.7 Å². The van der Waals surface area contributed by atoms with E-state index in [4.69, 9.17) is 9.15 Å². The number of hydrogen-bond acceptors (Lipinski definition) is 4. The van der Waals surface area contributed by atoms with Crippen molar-refractivity contribution in [2.24, 2.45) is 0 Å². The predicted molar refractivity (Wildman–Crippen MR) is 98.8 cm³/mol. The smallest absolute Gasteiger partial charge is 0.291 e. The molecule has 132 valence electrons. The third-order valence-corrected chi connectivity index (χ3v) is 3.81. The Morgan fingerprint density at radius 2 is 1.81 bits per heavy atom. The van der Waals surface area contributed by atoms with E-state index in [1.807, 2.05) is 6.92 Å². The van der Waals surface area contributed by atoms with Crippen LogP contribution in [-0.2, 0) is 0 Å². The normalized spacial score (nSPS) is 10.2. The second-order valence-electron chi connectivity index (χ2n) is 5.65. The minimum absolute atomic E-state index is 0.236. The fraction of sp³-hybridized carbons (Fsp3) is 0.100. The van der Waals surface area contributed by atoms with Crippen molar-refractivity contribution in [3.63, 3.8) is 0 Å². The van der Waals surface area contributed by atoms with Gasteiger partial charge in [0.1, 0.15) is 5.75 Å². The second kappa shape index (κ2) is 7.57. The van der Waals surface area contributed by atoms with Crippen LogP contribution >= 0.6 is 0 Å². The lowest BCUT2D eigenvalue weighted by Crippen LogP contribution is -2.14. The van der Waals surface area contributed by atoms with Crippen molar-refractivity contribution in [3.05, 3.63) is 77.7 Å². The number of carbonyl (C=O) groups excluding carboxylic acids is 2. The first kappa shape index (κ1) is 17.3. The van der Waals surface area contributed by atoms with Gasteiger partial charge < -0.3 is 19.8 Å². The van der Waals surface area contributed by atoms with Crippen LogP contribution in [-0.4, -0.2) is 18.9 Å². The highest BCUT2D eigenvalue weighted by molar-refractivity contribution is 6.05. The molecule has 0 saturated heterocycles. The Kier molecular flexibility index (Phi) is 5.03. The predicted octanol–water partition coefficient (Wildman–Crippen LogP) is 4.10. The maximum Gasteiger partial charge on any atom is 0.291 e. The van der Waals surface area contributed by atoms with Crippen LogP contribution in [0, 0.1) is 6.92 Å². The van der Waals surface area contributed by atoms with E-state index >= 15 is 0 Å². The molecule has 3 rings (SSSR count). The zero-order valence-corrected chi connectivity index (χ0v) is 14.4. The van der Waals surface area contributed by atoms with Gasteiger partial charge in [-0.05, 0) is 61.0 Å². The number of furan rings is 1. The molecule has 0 aliphatic rings. The Labute approximate surface area is 150 Å². The van der Waals surface area contributed by atoms with E-state index in [0.717, 1.165) is 5.56 Å². The first-order chi connectivity index (χ1) is 12.6. The molecule has 0 bridgehead atoms. The van der Waals surface area contributed by atoms with Crippen LogP contribution in [0.15, 0.2) is 65.3 Å². The fourth-order valence-electron chi connectivity index (χ4n) is 2.44. The van der Waals surface area contributed by atoms with Crippen molar-refractivity contribution >= 4 is 23.2 Å². The fourth-order valence-corrected chi connectivity index (χ4v) is 2.44. The van der Waals surface area contributed by atoms with Crippen molar-refractivity contribution < 1.29 is 18.7 Å². The Bertz CT molecular complexity index is 933. The molecule has 3 aromatic rings. The van der Waals surface area contributed by atoms with Crippen molar-refractivity contribution in [2.45, 2.75) is 6.92 Å². The summed E-state index contributed by atoms with van der Waals surface area (Å²) in [5.74, 6) is 0.284. The Balaban J connectivity index is 1.71. The van der Waals surface area contributed by atoms with E-state index in [2.05, 4.69) is 10.6 Å². The molecule has 0 aliphatic heterocycles. The first-order valence-electron chi connectivity index (χ1n) is 7.98. The van der Waals surface area contributed by atoms with Crippen LogP contribution in [0.4, 0.5) is 11.4 Å². The van der Waals surface area contributed by atoms with Crippen molar-refractivity contribution in [3.8, 4) is 5.75 Å². The van der Waals surface area contributed by atoms with Gasteiger partial charge in [-0.25, -0.2) is 0 Å². The molecule has 2 amide bonds. The molecule has 26 heavy (non-hydrogen) atoms. The van der Waals surface area contributed by atoms with Crippen LogP contribution in [0.1, 0.15) is 26.5 Å². The van der Waals surface area contributed by atoms with E-state index in [-0.39, 0.29) is 17.6 Å². The number of anilines is 2. The minimum Gasteiger partial charge on any atom is -0.497 e. The summed E-state index contributed by atoms with van der Waals surface area (Å²) in [5, 5.41) is 5.61. The molecule has 0 aliphatic carbocycles. The highest BCUT2D eigenvalue weighted by atomic mass is 16.5. The number of benzene rings is 2. The maximum absolute atomic E-state index is 12.4. The number of aryl methyl sites for hydroxylation is 1. The lowest BCUT2D eigenvalue weighted by atomic mass is 10.1. The standard InChI is InChI=1S/C20H18N2O4/c1-13-11-15(21-19(23)14-5-3-6-16(12-14)25-2)8-9-17(13)22-20(24)18-7-4-10-26-18/h3-12H,1-2H3,(H,21,23)(H,22,24). The van der Waals surface area contributed by atoms with Gasteiger partial charge in [-0.3, -0.25) is 9.59 Å². The molecule has 0 spiro atoms. The van der Waals surface area contributed by atoms with E-state index in [1.165, 1.54) is 6.26 Å². The average Bonchev–Trinajstić information content (AvgIpc) is 3.19. The molecule has 2 N–H and O–H groups in total. The monoisotopic (exact) mass is 350 g/mol. The molecule has 0 radical (unpaired) electrons. The van der Waals surface area contributed by atoms with Crippen LogP contribution < -0.4 is 15.4 Å². The Hall–Kier alpha value is -3.54. The van der Waals surface area contributed by atoms with Crippen molar-refractivity contribution in [1.82, 2.24) is 0 Å². The molecule has 1 aromatic heterocycles. The Morgan fingerprint density at radius 1 is 0.962 bits per heavy atom. The summed E-state index contributed by atoms with van der Waals surface area (Å²) >= 11 is 0. The lowest BCUT2D eigenvalue weighted by molar-refractivity contribution is 0.0994. The van der Waals surface area contributed by atoms with Gasteiger partial charge in [-0.15, -0.1) is 0 Å². The van der Waals surface area contributed by atoms with Gasteiger partial charge in [0.2, 0.25) is 0 Å². The average molecular weight is 350 g/mol. The van der Waals surface area contributed by atoms with Gasteiger partial charge in [-0.2, -0.15) is 0 Å². The number of methoxy groups -OCH3 is 1. The summed E-state index contributed by atoms with van der Waals surface area (Å²) in [6, 6.07) is 15.4. The zero-order chi connectivity index (χ0) is 18.5. The highest BCUT2D eigenvalue weighted by Crippen LogP contribution is 2.22. The van der Waals surface area contributed by atoms with Gasteiger partial charge in [0.05, 0.1) is 13.4 Å². The number of amides is 2. The molecule has 0 unspecified atom stereocenters. The molecular formula is C20H18N2O4. The van der Waals surface area contributed by atoms with Crippen molar-refractivity contribution in [1.29, 1.82) is 0 Å². The second-order valence-corrected chi connectivity index (χ2v) is 5.65. The van der Waals surface area contributed by atoms with Gasteiger partial charge >= 0.3 is 0 Å². The first-order valence-corrected chi connectivity index (χ1v) is 7.98. The van der Waals surface area contributed by atoms with E-state index in [0.29, 0.717) is 22.7 Å². The quantitative estimate of drug-likeness (QED) is 0.726.